The second kappa shape index (κ2) is 4.43. The van der Waals surface area contributed by atoms with E-state index in [1.807, 2.05) is 5.32 Å². The van der Waals surface area contributed by atoms with Gasteiger partial charge in [0, 0.05) is 0 Å². The van der Waals surface area contributed by atoms with E-state index in [9.17, 15) is 14.4 Å². The van der Waals surface area contributed by atoms with E-state index in [-0.39, 0.29) is 6.41 Å². The van der Waals surface area contributed by atoms with Crippen LogP contribution in [0.2, 0.25) is 0 Å². The molecule has 0 aromatic carbocycles. The smallest absolute Gasteiger partial charge is 0.336 e. The Morgan fingerprint density at radius 2 is 2.09 bits per heavy atom. The third kappa shape index (κ3) is 2.79. The zero-order valence-corrected chi connectivity index (χ0v) is 6.29. The highest BCUT2D eigenvalue weighted by molar-refractivity contribution is 6.03. The predicted octanol–water partition coefficient (Wildman–Crippen LogP) is -1.14. The lowest BCUT2D eigenvalue weighted by molar-refractivity contribution is -0.147. The first-order chi connectivity index (χ1) is 5.13. The summed E-state index contributed by atoms with van der Waals surface area (Å²) in [5.74, 6) is -1.21. The molecule has 1 amide bonds. The fraction of sp³-hybridized carbons (Fsp3) is 0.500. The standard InChI is InChI=1S/C6H9NO4/c1-4(9)5(7-3-8)6(10)11-2/h3,5H,1-2H3,(H,7,8)/t5-/m1/s1. The average Bonchev–Trinajstić information content (AvgIpc) is 1.98. The van der Waals surface area contributed by atoms with Crippen LogP contribution in [0.3, 0.4) is 0 Å². The van der Waals surface area contributed by atoms with Gasteiger partial charge in [-0.25, -0.2) is 4.79 Å². The Morgan fingerprint density at radius 1 is 1.55 bits per heavy atom. The Morgan fingerprint density at radius 3 is 2.36 bits per heavy atom. The molecule has 0 radical (unpaired) electrons. The van der Waals surface area contributed by atoms with Gasteiger partial charge in [-0.3, -0.25) is 9.59 Å². The van der Waals surface area contributed by atoms with Crippen molar-refractivity contribution in [1.82, 2.24) is 5.32 Å². The van der Waals surface area contributed by atoms with Crippen molar-refractivity contribution in [3.63, 3.8) is 0 Å². The number of Topliss-reactive ketones (excluding diaryl/α,β-unsaturated/α-hetero) is 1. The van der Waals surface area contributed by atoms with Gasteiger partial charge in [-0.05, 0) is 6.92 Å². The lowest BCUT2D eigenvalue weighted by atomic mass is 10.2. The van der Waals surface area contributed by atoms with Crippen LogP contribution in [0.25, 0.3) is 0 Å². The molecule has 5 nitrogen and oxygen atoms in total. The fourth-order valence-corrected chi connectivity index (χ4v) is 0.537. The Balaban J connectivity index is 4.20. The van der Waals surface area contributed by atoms with Gasteiger partial charge in [0.05, 0.1) is 7.11 Å². The van der Waals surface area contributed by atoms with Crippen molar-refractivity contribution in [3.05, 3.63) is 0 Å². The minimum atomic E-state index is -1.17. The van der Waals surface area contributed by atoms with Crippen molar-refractivity contribution in [1.29, 1.82) is 0 Å². The summed E-state index contributed by atoms with van der Waals surface area (Å²) in [5.41, 5.74) is 0. The number of nitrogens with one attached hydrogen (secondary N) is 1. The molecule has 0 bridgehead atoms. The number of carbonyl (C=O) groups excluding carboxylic acids is 3. The minimum absolute atomic E-state index is 0.281. The molecule has 0 unspecified atom stereocenters. The van der Waals surface area contributed by atoms with Gasteiger partial charge in [-0.15, -0.1) is 0 Å². The molecule has 11 heavy (non-hydrogen) atoms. The van der Waals surface area contributed by atoms with Gasteiger partial charge in [-0.1, -0.05) is 0 Å². The van der Waals surface area contributed by atoms with E-state index < -0.39 is 17.8 Å². The fourth-order valence-electron chi connectivity index (χ4n) is 0.537. The van der Waals surface area contributed by atoms with Crippen LogP contribution in [0.15, 0.2) is 0 Å². The minimum Gasteiger partial charge on any atom is -0.467 e. The SMILES string of the molecule is COC(=O)[C@H](NC=O)C(C)=O. The van der Waals surface area contributed by atoms with Crippen LogP contribution in [0.5, 0.6) is 0 Å². The number of amides is 1. The molecule has 0 saturated heterocycles. The summed E-state index contributed by atoms with van der Waals surface area (Å²) in [6.07, 6.45) is 0.281. The Kier molecular flexibility index (Phi) is 3.87. The quantitative estimate of drug-likeness (QED) is 0.320. The predicted molar refractivity (Wildman–Crippen MR) is 35.7 cm³/mol. The largest absolute Gasteiger partial charge is 0.467 e. The number of methoxy groups -OCH3 is 1. The molecule has 0 aromatic heterocycles. The van der Waals surface area contributed by atoms with E-state index >= 15 is 0 Å². The maximum absolute atomic E-state index is 10.7. The highest BCUT2D eigenvalue weighted by Gasteiger charge is 2.22. The number of hydrogen-bond donors (Lipinski definition) is 1. The van der Waals surface area contributed by atoms with Crippen LogP contribution in [0.4, 0.5) is 0 Å². The first-order valence-electron chi connectivity index (χ1n) is 2.91. The zero-order valence-electron chi connectivity index (χ0n) is 6.29. The van der Waals surface area contributed by atoms with Gasteiger partial charge in [-0.2, -0.15) is 0 Å². The number of carbonyl (C=O) groups is 3. The van der Waals surface area contributed by atoms with E-state index in [1.54, 1.807) is 0 Å². The number of ether oxygens (including phenoxy) is 1. The van der Waals surface area contributed by atoms with Gasteiger partial charge in [0.1, 0.15) is 0 Å². The van der Waals surface area contributed by atoms with Gasteiger partial charge in [0.25, 0.3) is 0 Å². The normalized spacial score (nSPS) is 11.5. The van der Waals surface area contributed by atoms with E-state index in [2.05, 4.69) is 4.74 Å². The molecule has 0 rings (SSSR count). The summed E-state index contributed by atoms with van der Waals surface area (Å²) in [6, 6.07) is -1.17. The summed E-state index contributed by atoms with van der Waals surface area (Å²) in [6.45, 7) is 1.19. The first kappa shape index (κ1) is 9.61. The lowest BCUT2D eigenvalue weighted by Crippen LogP contribution is -2.42. The second-order valence-electron chi connectivity index (χ2n) is 1.85. The van der Waals surface area contributed by atoms with Crippen LogP contribution >= 0.6 is 0 Å². The maximum Gasteiger partial charge on any atom is 0.336 e. The Labute approximate surface area is 63.7 Å². The summed E-state index contributed by atoms with van der Waals surface area (Å²) in [5, 5.41) is 2.03. The second-order valence-corrected chi connectivity index (χ2v) is 1.85. The van der Waals surface area contributed by atoms with Crippen LogP contribution in [0, 0.1) is 0 Å². The van der Waals surface area contributed by atoms with Gasteiger partial charge in [0.2, 0.25) is 6.41 Å². The molecule has 0 heterocycles. The molecule has 0 aliphatic rings. The summed E-state index contributed by atoms with van der Waals surface area (Å²) < 4.78 is 4.25. The molecular weight excluding hydrogens is 150 g/mol. The molecule has 0 aliphatic carbocycles. The van der Waals surface area contributed by atoms with Crippen LogP contribution in [-0.2, 0) is 19.1 Å². The van der Waals surface area contributed by atoms with Crippen molar-refractivity contribution in [2.24, 2.45) is 0 Å². The van der Waals surface area contributed by atoms with Gasteiger partial charge < -0.3 is 10.1 Å². The molecule has 1 atom stereocenters. The molecule has 5 heteroatoms. The van der Waals surface area contributed by atoms with Crippen molar-refractivity contribution >= 4 is 18.2 Å². The van der Waals surface area contributed by atoms with Crippen molar-refractivity contribution in [3.8, 4) is 0 Å². The van der Waals surface area contributed by atoms with Crippen molar-refractivity contribution < 1.29 is 19.1 Å². The van der Waals surface area contributed by atoms with E-state index in [4.69, 9.17) is 0 Å². The Bertz CT molecular complexity index is 177. The van der Waals surface area contributed by atoms with Crippen LogP contribution < -0.4 is 5.32 Å². The highest BCUT2D eigenvalue weighted by atomic mass is 16.5. The molecule has 0 saturated carbocycles. The van der Waals surface area contributed by atoms with E-state index in [0.717, 1.165) is 7.11 Å². The molecule has 62 valence electrons. The zero-order chi connectivity index (χ0) is 8.85. The van der Waals surface area contributed by atoms with Gasteiger partial charge in [0.15, 0.2) is 11.8 Å². The molecule has 0 spiro atoms. The van der Waals surface area contributed by atoms with Crippen LogP contribution in [0.1, 0.15) is 6.92 Å². The first-order valence-corrected chi connectivity index (χ1v) is 2.91. The monoisotopic (exact) mass is 159 g/mol. The van der Waals surface area contributed by atoms with Crippen LogP contribution in [-0.4, -0.2) is 31.3 Å². The highest BCUT2D eigenvalue weighted by Crippen LogP contribution is 1.87. The Hall–Kier alpha value is -1.39. The molecule has 0 fully saturated rings. The molecule has 1 N–H and O–H groups in total. The summed E-state index contributed by atoms with van der Waals surface area (Å²) in [7, 11) is 1.14. The maximum atomic E-state index is 10.7. The lowest BCUT2D eigenvalue weighted by Gasteiger charge is -2.08. The summed E-state index contributed by atoms with van der Waals surface area (Å²) in [4.78, 5) is 31.2. The molecular formula is C6H9NO4. The third-order valence-electron chi connectivity index (χ3n) is 1.08. The third-order valence-corrected chi connectivity index (χ3v) is 1.08. The van der Waals surface area contributed by atoms with Crippen molar-refractivity contribution in [2.45, 2.75) is 13.0 Å². The number of hydrogen-bond acceptors (Lipinski definition) is 4. The van der Waals surface area contributed by atoms with E-state index in [1.165, 1.54) is 6.92 Å². The van der Waals surface area contributed by atoms with E-state index in [0.29, 0.717) is 0 Å². The molecule has 0 aromatic rings. The average molecular weight is 159 g/mol. The van der Waals surface area contributed by atoms with Gasteiger partial charge >= 0.3 is 5.97 Å². The van der Waals surface area contributed by atoms with Crippen molar-refractivity contribution in [2.75, 3.05) is 7.11 Å². The topological polar surface area (TPSA) is 72.5 Å². The number of esters is 1. The number of ketones is 1. The molecule has 0 aliphatic heterocycles. The summed E-state index contributed by atoms with van der Waals surface area (Å²) >= 11 is 0. The number of rotatable bonds is 4.